The van der Waals surface area contributed by atoms with E-state index in [4.69, 9.17) is 39.5 Å². The summed E-state index contributed by atoms with van der Waals surface area (Å²) < 4.78 is 32.9. The zero-order chi connectivity index (χ0) is 22.5. The van der Waals surface area contributed by atoms with Crippen LogP contribution in [0.4, 0.5) is 19.3 Å². The Morgan fingerprint density at radius 3 is 2.06 bits per heavy atom. The highest BCUT2D eigenvalue weighted by molar-refractivity contribution is 6.37. The van der Waals surface area contributed by atoms with E-state index in [0.29, 0.717) is 5.02 Å². The topological polar surface area (TPSA) is 67.4 Å². The van der Waals surface area contributed by atoms with E-state index in [1.807, 2.05) is 5.32 Å². The van der Waals surface area contributed by atoms with Crippen molar-refractivity contribution in [3.63, 3.8) is 0 Å². The van der Waals surface area contributed by atoms with Gasteiger partial charge in [-0.3, -0.25) is 10.1 Å². The first-order valence-electron chi connectivity index (χ1n) is 8.67. The molecule has 0 bridgehead atoms. The Labute approximate surface area is 190 Å². The van der Waals surface area contributed by atoms with Gasteiger partial charge in [0.2, 0.25) is 0 Å². The maximum Gasteiger partial charge on any atom is 0.326 e. The summed E-state index contributed by atoms with van der Waals surface area (Å²) in [5, 5.41) is 4.94. The maximum absolute atomic E-state index is 13.7. The van der Waals surface area contributed by atoms with E-state index in [-0.39, 0.29) is 28.1 Å². The van der Waals surface area contributed by atoms with Crippen LogP contribution in [0.5, 0.6) is 5.75 Å². The molecule has 0 radical (unpaired) electrons. The van der Waals surface area contributed by atoms with Crippen LogP contribution in [0.2, 0.25) is 15.1 Å². The molecule has 3 aromatic rings. The Morgan fingerprint density at radius 2 is 1.48 bits per heavy atom. The van der Waals surface area contributed by atoms with Crippen LogP contribution in [-0.4, -0.2) is 11.9 Å². The molecule has 31 heavy (non-hydrogen) atoms. The van der Waals surface area contributed by atoms with Gasteiger partial charge < -0.3 is 10.1 Å². The molecular weight excluding hydrogens is 473 g/mol. The van der Waals surface area contributed by atoms with Crippen molar-refractivity contribution in [3.05, 3.63) is 92.4 Å². The van der Waals surface area contributed by atoms with Gasteiger partial charge >= 0.3 is 6.03 Å². The number of hydrogen-bond donors (Lipinski definition) is 2. The van der Waals surface area contributed by atoms with Gasteiger partial charge in [0.05, 0.1) is 10.0 Å². The fraction of sp³-hybridized carbons (Fsp3) is 0.0476. The van der Waals surface area contributed by atoms with Gasteiger partial charge in [0.25, 0.3) is 5.91 Å². The molecule has 3 rings (SSSR count). The number of amides is 3. The summed E-state index contributed by atoms with van der Waals surface area (Å²) in [7, 11) is 0. The van der Waals surface area contributed by atoms with Crippen LogP contribution in [0, 0.1) is 11.6 Å². The molecule has 10 heteroatoms. The Morgan fingerprint density at radius 1 is 0.903 bits per heavy atom. The van der Waals surface area contributed by atoms with Crippen LogP contribution in [0.3, 0.4) is 0 Å². The zero-order valence-corrected chi connectivity index (χ0v) is 17.8. The molecule has 0 aromatic heterocycles. The molecule has 0 saturated carbocycles. The molecule has 160 valence electrons. The first kappa shape index (κ1) is 22.8. The number of anilines is 1. The van der Waals surface area contributed by atoms with Gasteiger partial charge in [-0.2, -0.15) is 0 Å². The average molecular weight is 486 g/mol. The van der Waals surface area contributed by atoms with Crippen molar-refractivity contribution in [1.82, 2.24) is 5.32 Å². The van der Waals surface area contributed by atoms with Crippen LogP contribution in [0.25, 0.3) is 0 Å². The highest BCUT2D eigenvalue weighted by Crippen LogP contribution is 2.36. The van der Waals surface area contributed by atoms with Crippen molar-refractivity contribution in [3.8, 4) is 5.75 Å². The molecule has 0 heterocycles. The first-order chi connectivity index (χ1) is 14.7. The van der Waals surface area contributed by atoms with Gasteiger partial charge in [-0.25, -0.2) is 13.6 Å². The van der Waals surface area contributed by atoms with Crippen molar-refractivity contribution < 1.29 is 23.1 Å². The molecule has 2 N–H and O–H groups in total. The fourth-order valence-corrected chi connectivity index (χ4v) is 3.27. The largest absolute Gasteiger partial charge is 0.486 e. The summed E-state index contributed by atoms with van der Waals surface area (Å²) in [5.41, 5.74) is 0.0878. The van der Waals surface area contributed by atoms with Crippen LogP contribution >= 0.6 is 34.8 Å². The predicted molar refractivity (Wildman–Crippen MR) is 115 cm³/mol. The number of carbonyl (C=O) groups is 2. The highest BCUT2D eigenvalue weighted by atomic mass is 35.5. The molecule has 0 aliphatic heterocycles. The van der Waals surface area contributed by atoms with E-state index >= 15 is 0 Å². The van der Waals surface area contributed by atoms with Crippen LogP contribution in [-0.2, 0) is 6.61 Å². The lowest BCUT2D eigenvalue weighted by molar-refractivity contribution is 0.0959. The number of imide groups is 1. The Balaban J connectivity index is 1.66. The molecule has 0 aliphatic rings. The zero-order valence-electron chi connectivity index (χ0n) is 15.5. The van der Waals surface area contributed by atoms with E-state index in [1.165, 1.54) is 12.1 Å². The van der Waals surface area contributed by atoms with Gasteiger partial charge in [-0.1, -0.05) is 53.0 Å². The second-order valence-corrected chi connectivity index (χ2v) is 7.44. The molecule has 0 fully saturated rings. The summed E-state index contributed by atoms with van der Waals surface area (Å²) in [6.45, 7) is 0.173. The number of carbonyl (C=O) groups excluding carboxylic acids is 2. The van der Waals surface area contributed by atoms with Crippen molar-refractivity contribution >= 4 is 52.4 Å². The van der Waals surface area contributed by atoms with Crippen molar-refractivity contribution in [2.24, 2.45) is 0 Å². The molecule has 0 saturated heterocycles. The maximum atomic E-state index is 13.7. The molecule has 0 unspecified atom stereocenters. The number of nitrogens with one attached hydrogen (secondary N) is 2. The van der Waals surface area contributed by atoms with Gasteiger partial charge in [0.1, 0.15) is 23.8 Å². The SMILES string of the molecule is O=C(NC(=O)c1c(F)cccc1F)Nc1cc(Cl)c(OCc2ccc(Cl)cc2)c(Cl)c1. The number of ether oxygens (including phenoxy) is 1. The number of rotatable bonds is 5. The Hall–Kier alpha value is -2.87. The molecule has 0 aliphatic carbocycles. The smallest absolute Gasteiger partial charge is 0.326 e. The van der Waals surface area contributed by atoms with Crippen molar-refractivity contribution in [1.29, 1.82) is 0 Å². The van der Waals surface area contributed by atoms with E-state index in [2.05, 4.69) is 5.32 Å². The lowest BCUT2D eigenvalue weighted by Crippen LogP contribution is -2.35. The van der Waals surface area contributed by atoms with Crippen molar-refractivity contribution in [2.75, 3.05) is 5.32 Å². The third kappa shape index (κ3) is 5.85. The van der Waals surface area contributed by atoms with E-state index in [9.17, 15) is 18.4 Å². The number of halogens is 5. The van der Waals surface area contributed by atoms with Crippen LogP contribution in [0.15, 0.2) is 54.6 Å². The number of hydrogen-bond acceptors (Lipinski definition) is 3. The number of urea groups is 1. The minimum atomic E-state index is -1.24. The lowest BCUT2D eigenvalue weighted by atomic mass is 10.2. The molecule has 3 amide bonds. The van der Waals surface area contributed by atoms with E-state index in [0.717, 1.165) is 23.8 Å². The van der Waals surface area contributed by atoms with Gasteiger partial charge in [0, 0.05) is 10.7 Å². The summed E-state index contributed by atoms with van der Waals surface area (Å²) in [5.74, 6) is -3.25. The number of benzene rings is 3. The second kappa shape index (κ2) is 9.96. The summed E-state index contributed by atoms with van der Waals surface area (Å²) in [6, 6.07) is 11.5. The van der Waals surface area contributed by atoms with Gasteiger partial charge in [-0.05, 0) is 42.0 Å². The van der Waals surface area contributed by atoms with E-state index in [1.54, 1.807) is 24.3 Å². The standard InChI is InChI=1S/C21H13Cl3F2N2O3/c22-12-6-4-11(5-7-12)10-31-19-14(23)8-13(9-15(19)24)27-21(30)28-20(29)18-16(25)2-1-3-17(18)26/h1-9H,10H2,(H2,27,28,29,30). The minimum Gasteiger partial charge on any atom is -0.486 e. The molecule has 0 spiro atoms. The van der Waals surface area contributed by atoms with E-state index < -0.39 is 29.1 Å². The second-order valence-electron chi connectivity index (χ2n) is 6.19. The average Bonchev–Trinajstić information content (AvgIpc) is 2.68. The normalized spacial score (nSPS) is 10.5. The molecule has 0 atom stereocenters. The van der Waals surface area contributed by atoms with Crippen molar-refractivity contribution in [2.45, 2.75) is 6.61 Å². The van der Waals surface area contributed by atoms with Gasteiger partial charge in [-0.15, -0.1) is 0 Å². The monoisotopic (exact) mass is 484 g/mol. The summed E-state index contributed by atoms with van der Waals surface area (Å²) in [4.78, 5) is 24.0. The molecule has 5 nitrogen and oxygen atoms in total. The van der Waals surface area contributed by atoms with Gasteiger partial charge in [0.15, 0.2) is 5.75 Å². The van der Waals surface area contributed by atoms with Crippen LogP contribution in [0.1, 0.15) is 15.9 Å². The third-order valence-corrected chi connectivity index (χ3v) is 4.78. The lowest BCUT2D eigenvalue weighted by Gasteiger charge is -2.13. The third-order valence-electron chi connectivity index (χ3n) is 3.97. The quantitative estimate of drug-likeness (QED) is 0.435. The Bertz CT molecular complexity index is 1100. The predicted octanol–water partition coefficient (Wildman–Crippen LogP) is 6.47. The molecular formula is C21H13Cl3F2N2O3. The summed E-state index contributed by atoms with van der Waals surface area (Å²) >= 11 is 18.2. The minimum absolute atomic E-state index is 0.100. The fourth-order valence-electron chi connectivity index (χ4n) is 2.55. The highest BCUT2D eigenvalue weighted by Gasteiger charge is 2.20. The van der Waals surface area contributed by atoms with Crippen LogP contribution < -0.4 is 15.4 Å². The Kier molecular flexibility index (Phi) is 7.33. The summed E-state index contributed by atoms with van der Waals surface area (Å²) in [6.07, 6.45) is 0. The first-order valence-corrected chi connectivity index (χ1v) is 9.80. The molecule has 3 aromatic carbocycles.